The fourth-order valence-electron chi connectivity index (χ4n) is 4.09. The molecule has 0 saturated carbocycles. The number of amides is 1. The van der Waals surface area contributed by atoms with Crippen LogP contribution in [-0.2, 0) is 27.2 Å². The van der Waals surface area contributed by atoms with Crippen LogP contribution in [0.15, 0.2) is 35.1 Å². The molecule has 1 atom stereocenters. The van der Waals surface area contributed by atoms with E-state index in [2.05, 4.69) is 21.5 Å². The highest BCUT2D eigenvalue weighted by molar-refractivity contribution is 5.81. The summed E-state index contributed by atoms with van der Waals surface area (Å²) in [5, 5.41) is 5.63. The molecule has 3 aromatic rings. The fourth-order valence-corrected chi connectivity index (χ4v) is 4.09. The first kappa shape index (κ1) is 19.9. The Morgan fingerprint density at radius 2 is 2.10 bits per heavy atom. The van der Waals surface area contributed by atoms with Crippen LogP contribution in [0.5, 0.6) is 0 Å². The van der Waals surface area contributed by atoms with E-state index in [1.165, 1.54) is 11.6 Å². The quantitative estimate of drug-likeness (QED) is 0.628. The van der Waals surface area contributed by atoms with E-state index >= 15 is 0 Å². The Morgan fingerprint density at radius 3 is 2.93 bits per heavy atom. The summed E-state index contributed by atoms with van der Waals surface area (Å²) >= 11 is 0. The van der Waals surface area contributed by atoms with Crippen molar-refractivity contribution in [2.24, 2.45) is 0 Å². The van der Waals surface area contributed by atoms with E-state index in [-0.39, 0.29) is 30.5 Å². The average Bonchev–Trinajstić information content (AvgIpc) is 3.10. The van der Waals surface area contributed by atoms with Gasteiger partial charge in [0.1, 0.15) is 0 Å². The van der Waals surface area contributed by atoms with Gasteiger partial charge in [-0.25, -0.2) is 9.50 Å². The number of ether oxygens (including phenoxy) is 1. The van der Waals surface area contributed by atoms with Crippen molar-refractivity contribution in [2.45, 2.75) is 45.6 Å². The summed E-state index contributed by atoms with van der Waals surface area (Å²) in [6.07, 6.45) is 2.87. The van der Waals surface area contributed by atoms with E-state index in [1.807, 2.05) is 18.2 Å². The molecule has 8 heteroatoms. The number of hydrogen-bond donors (Lipinski definition) is 2. The minimum atomic E-state index is -0.518. The third-order valence-corrected chi connectivity index (χ3v) is 5.59. The zero-order valence-corrected chi connectivity index (χ0v) is 17.0. The Bertz CT molecular complexity index is 1180. The molecule has 0 spiro atoms. The molecule has 0 saturated heterocycles. The van der Waals surface area contributed by atoms with E-state index in [0.29, 0.717) is 22.6 Å². The van der Waals surface area contributed by atoms with Gasteiger partial charge in [-0.05, 0) is 44.2 Å². The van der Waals surface area contributed by atoms with E-state index in [4.69, 9.17) is 4.74 Å². The average molecular weight is 408 g/mol. The zero-order chi connectivity index (χ0) is 21.3. The van der Waals surface area contributed by atoms with Crippen molar-refractivity contribution >= 4 is 17.5 Å². The van der Waals surface area contributed by atoms with Crippen molar-refractivity contribution in [3.8, 4) is 0 Å². The first-order valence-electron chi connectivity index (χ1n) is 10.0. The predicted molar refractivity (Wildman–Crippen MR) is 110 cm³/mol. The molecule has 1 unspecified atom stereocenters. The van der Waals surface area contributed by atoms with Gasteiger partial charge in [0.2, 0.25) is 0 Å². The molecule has 1 aliphatic carbocycles. The van der Waals surface area contributed by atoms with Gasteiger partial charge < -0.3 is 10.1 Å². The van der Waals surface area contributed by atoms with E-state index in [1.54, 1.807) is 18.4 Å². The summed E-state index contributed by atoms with van der Waals surface area (Å²) in [7, 11) is 0. The number of carbonyl (C=O) groups excluding carboxylic acids is 2. The first-order valence-corrected chi connectivity index (χ1v) is 10.0. The normalized spacial score (nSPS) is 15.6. The molecule has 2 heterocycles. The highest BCUT2D eigenvalue weighted by atomic mass is 16.5. The minimum absolute atomic E-state index is 0.0274. The summed E-state index contributed by atoms with van der Waals surface area (Å²) in [4.78, 5) is 40.6. The van der Waals surface area contributed by atoms with Crippen molar-refractivity contribution in [2.75, 3.05) is 6.61 Å². The molecule has 0 bridgehead atoms. The molecule has 30 heavy (non-hydrogen) atoms. The molecule has 1 aromatic carbocycles. The second-order valence-electron chi connectivity index (χ2n) is 7.62. The van der Waals surface area contributed by atoms with Crippen molar-refractivity contribution < 1.29 is 14.3 Å². The first-order chi connectivity index (χ1) is 14.4. The molecule has 2 aromatic heterocycles. The lowest BCUT2D eigenvalue weighted by atomic mass is 9.88. The van der Waals surface area contributed by atoms with E-state index in [9.17, 15) is 14.4 Å². The van der Waals surface area contributed by atoms with Crippen LogP contribution < -0.4 is 10.9 Å². The van der Waals surface area contributed by atoms with Crippen LogP contribution in [0.4, 0.5) is 0 Å². The van der Waals surface area contributed by atoms with Gasteiger partial charge >= 0.3 is 5.97 Å². The maximum absolute atomic E-state index is 12.3. The fraction of sp³-hybridized carbons (Fsp3) is 0.364. The largest absolute Gasteiger partial charge is 0.455 e. The van der Waals surface area contributed by atoms with E-state index in [0.717, 1.165) is 24.8 Å². The van der Waals surface area contributed by atoms with Gasteiger partial charge in [0.15, 0.2) is 12.3 Å². The number of nitrogens with zero attached hydrogens (tertiary/aromatic N) is 2. The number of carbonyl (C=O) groups is 2. The van der Waals surface area contributed by atoms with Gasteiger partial charge in [-0.2, -0.15) is 0 Å². The van der Waals surface area contributed by atoms with Gasteiger partial charge in [0.05, 0.1) is 12.5 Å². The van der Waals surface area contributed by atoms with Gasteiger partial charge in [0.25, 0.3) is 11.5 Å². The van der Waals surface area contributed by atoms with Crippen molar-refractivity contribution in [3.63, 3.8) is 0 Å². The molecule has 156 valence electrons. The smallest absolute Gasteiger partial charge is 0.310 e. The van der Waals surface area contributed by atoms with Crippen molar-refractivity contribution in [1.82, 2.24) is 19.9 Å². The Balaban J connectivity index is 1.37. The summed E-state index contributed by atoms with van der Waals surface area (Å²) < 4.78 is 6.75. The van der Waals surface area contributed by atoms with Crippen LogP contribution in [0.1, 0.15) is 47.0 Å². The molecule has 0 aliphatic heterocycles. The number of rotatable bonds is 5. The topological polar surface area (TPSA) is 106 Å². The molecular weight excluding hydrogens is 384 g/mol. The standard InChI is InChI=1S/C22H24N4O4/c1-13-17(14(2)26-19(23-13)11-20(27)25-26)10-22(29)30-12-21(28)24-18-9-5-7-15-6-3-4-8-16(15)18/h3-4,6,8,11,18H,5,7,9-10,12H2,1-2H3,(H,24,28)(H,25,27). The molecule has 8 nitrogen and oxygen atoms in total. The van der Waals surface area contributed by atoms with Gasteiger partial charge in [0, 0.05) is 23.0 Å². The van der Waals surface area contributed by atoms with Crippen molar-refractivity contribution in [3.05, 3.63) is 68.8 Å². The number of esters is 1. The second kappa shape index (κ2) is 8.14. The lowest BCUT2D eigenvalue weighted by Gasteiger charge is -2.26. The SMILES string of the molecule is Cc1nc2cc(=O)[nH]n2c(C)c1CC(=O)OCC(=O)NC1CCCc2ccccc21. The summed E-state index contributed by atoms with van der Waals surface area (Å²) in [6.45, 7) is 3.25. The monoisotopic (exact) mass is 408 g/mol. The van der Waals surface area contributed by atoms with Gasteiger partial charge in [-0.15, -0.1) is 0 Å². The Labute approximate surface area is 173 Å². The Kier molecular flexibility index (Phi) is 5.39. The molecule has 0 radical (unpaired) electrons. The Morgan fingerprint density at radius 1 is 1.30 bits per heavy atom. The number of aryl methyl sites for hydroxylation is 3. The van der Waals surface area contributed by atoms with Crippen molar-refractivity contribution in [1.29, 1.82) is 0 Å². The van der Waals surface area contributed by atoms with Crippen LogP contribution >= 0.6 is 0 Å². The molecule has 1 aliphatic rings. The highest BCUT2D eigenvalue weighted by Gasteiger charge is 2.22. The number of H-pyrrole nitrogens is 1. The Hall–Kier alpha value is -3.42. The van der Waals surface area contributed by atoms with Crippen LogP contribution in [0, 0.1) is 13.8 Å². The number of aromatic amines is 1. The third kappa shape index (κ3) is 3.98. The molecule has 4 rings (SSSR count). The summed E-state index contributed by atoms with van der Waals surface area (Å²) in [6, 6.07) is 9.44. The zero-order valence-electron chi connectivity index (χ0n) is 17.0. The number of benzene rings is 1. The van der Waals surface area contributed by atoms with Gasteiger partial charge in [-0.1, -0.05) is 24.3 Å². The number of hydrogen-bond acceptors (Lipinski definition) is 5. The predicted octanol–water partition coefficient (Wildman–Crippen LogP) is 1.92. The molecule has 0 fully saturated rings. The molecule has 1 amide bonds. The van der Waals surface area contributed by atoms with Crippen LogP contribution in [0.25, 0.3) is 5.65 Å². The maximum atomic E-state index is 12.3. The minimum Gasteiger partial charge on any atom is -0.455 e. The lowest BCUT2D eigenvalue weighted by molar-refractivity contribution is -0.148. The number of fused-ring (bicyclic) bond motifs is 2. The third-order valence-electron chi connectivity index (χ3n) is 5.59. The lowest BCUT2D eigenvalue weighted by Crippen LogP contribution is -2.34. The number of nitrogens with one attached hydrogen (secondary N) is 2. The second-order valence-corrected chi connectivity index (χ2v) is 7.62. The van der Waals surface area contributed by atoms with E-state index < -0.39 is 5.97 Å². The van der Waals surface area contributed by atoms with Crippen LogP contribution in [0.3, 0.4) is 0 Å². The summed E-state index contributed by atoms with van der Waals surface area (Å²) in [5.41, 5.74) is 4.65. The summed E-state index contributed by atoms with van der Waals surface area (Å²) in [5.74, 6) is -0.835. The molecular formula is C22H24N4O4. The molecule has 2 N–H and O–H groups in total. The highest BCUT2D eigenvalue weighted by Crippen LogP contribution is 2.29. The number of aromatic nitrogens is 3. The van der Waals surface area contributed by atoms with Crippen LogP contribution in [0.2, 0.25) is 0 Å². The van der Waals surface area contributed by atoms with Crippen LogP contribution in [-0.4, -0.2) is 33.1 Å². The maximum Gasteiger partial charge on any atom is 0.310 e. The van der Waals surface area contributed by atoms with Gasteiger partial charge in [-0.3, -0.25) is 19.5 Å².